The molecule has 0 aromatic carbocycles. The van der Waals surface area contributed by atoms with Crippen molar-refractivity contribution >= 4 is 12.6 Å². The minimum Gasteiger partial charge on any atom is -0.330 e. The standard InChI is InChI=1S/C5H14N2S/c6-4-2-1-3-5(7)8/h5,8H,1-4,6-7H2. The van der Waals surface area contributed by atoms with Gasteiger partial charge in [0.1, 0.15) is 0 Å². The minimum absolute atomic E-state index is 0.0431. The predicted molar refractivity (Wildman–Crippen MR) is 39.9 cm³/mol. The SMILES string of the molecule is NCCCCC(N)S. The average molecular weight is 134 g/mol. The lowest BCUT2D eigenvalue weighted by atomic mass is 10.2. The van der Waals surface area contributed by atoms with Gasteiger partial charge in [-0.3, -0.25) is 0 Å². The molecule has 0 aliphatic rings. The van der Waals surface area contributed by atoms with E-state index in [4.69, 9.17) is 11.5 Å². The Balaban J connectivity index is 2.72. The van der Waals surface area contributed by atoms with Crippen molar-refractivity contribution in [1.82, 2.24) is 0 Å². The normalized spacial score (nSPS) is 13.9. The van der Waals surface area contributed by atoms with E-state index in [1.807, 2.05) is 0 Å². The Bertz CT molecular complexity index is 47.7. The first-order valence-electron chi connectivity index (χ1n) is 2.91. The van der Waals surface area contributed by atoms with Crippen LogP contribution in [-0.4, -0.2) is 11.9 Å². The Morgan fingerprint density at radius 2 is 2.00 bits per heavy atom. The quantitative estimate of drug-likeness (QED) is 0.295. The van der Waals surface area contributed by atoms with Gasteiger partial charge in [0.25, 0.3) is 0 Å². The molecule has 0 aromatic heterocycles. The van der Waals surface area contributed by atoms with Crippen LogP contribution in [-0.2, 0) is 0 Å². The Morgan fingerprint density at radius 1 is 1.38 bits per heavy atom. The molecule has 0 saturated carbocycles. The smallest absolute Gasteiger partial charge is 0.0477 e. The van der Waals surface area contributed by atoms with Crippen LogP contribution in [0.3, 0.4) is 0 Å². The first-order valence-corrected chi connectivity index (χ1v) is 3.42. The third-order valence-electron chi connectivity index (χ3n) is 0.954. The van der Waals surface area contributed by atoms with E-state index in [9.17, 15) is 0 Å². The van der Waals surface area contributed by atoms with Crippen LogP contribution in [0.5, 0.6) is 0 Å². The third-order valence-corrected chi connectivity index (χ3v) is 1.21. The molecule has 8 heavy (non-hydrogen) atoms. The second-order valence-corrected chi connectivity index (χ2v) is 2.52. The summed E-state index contributed by atoms with van der Waals surface area (Å²) in [5.41, 5.74) is 10.6. The molecule has 0 amide bonds. The monoisotopic (exact) mass is 134 g/mol. The topological polar surface area (TPSA) is 52.0 Å². The highest BCUT2D eigenvalue weighted by molar-refractivity contribution is 7.80. The van der Waals surface area contributed by atoms with E-state index in [2.05, 4.69) is 12.6 Å². The summed E-state index contributed by atoms with van der Waals surface area (Å²) in [5, 5.41) is 0.0431. The van der Waals surface area contributed by atoms with Gasteiger partial charge < -0.3 is 11.5 Å². The van der Waals surface area contributed by atoms with E-state index in [-0.39, 0.29) is 5.37 Å². The lowest BCUT2D eigenvalue weighted by Crippen LogP contribution is -2.11. The van der Waals surface area contributed by atoms with Crippen molar-refractivity contribution in [2.24, 2.45) is 11.5 Å². The maximum atomic E-state index is 5.36. The lowest BCUT2D eigenvalue weighted by molar-refractivity contribution is 0.674. The zero-order valence-corrected chi connectivity index (χ0v) is 5.90. The highest BCUT2D eigenvalue weighted by Crippen LogP contribution is 1.99. The van der Waals surface area contributed by atoms with E-state index in [0.717, 1.165) is 25.8 Å². The molecule has 0 rings (SSSR count). The average Bonchev–Trinajstić information content (AvgIpc) is 1.66. The zero-order chi connectivity index (χ0) is 6.41. The highest BCUT2D eigenvalue weighted by atomic mass is 32.1. The number of hydrogen-bond acceptors (Lipinski definition) is 3. The van der Waals surface area contributed by atoms with Gasteiger partial charge >= 0.3 is 0 Å². The van der Waals surface area contributed by atoms with Gasteiger partial charge in [-0.25, -0.2) is 0 Å². The summed E-state index contributed by atoms with van der Waals surface area (Å²) in [5.74, 6) is 0. The molecule has 0 aromatic rings. The van der Waals surface area contributed by atoms with Crippen LogP contribution in [0.1, 0.15) is 19.3 Å². The Labute approximate surface area is 56.0 Å². The van der Waals surface area contributed by atoms with Crippen molar-refractivity contribution in [3.63, 3.8) is 0 Å². The third kappa shape index (κ3) is 6.27. The van der Waals surface area contributed by atoms with Gasteiger partial charge in [0, 0.05) is 5.37 Å². The van der Waals surface area contributed by atoms with Gasteiger partial charge in [0.05, 0.1) is 0 Å². The second kappa shape index (κ2) is 5.41. The fourth-order valence-corrected chi connectivity index (χ4v) is 0.680. The molecule has 0 saturated heterocycles. The molecule has 50 valence electrons. The minimum atomic E-state index is 0.0431. The molecule has 2 nitrogen and oxygen atoms in total. The lowest BCUT2D eigenvalue weighted by Gasteiger charge is -2.00. The first-order chi connectivity index (χ1) is 3.77. The van der Waals surface area contributed by atoms with Crippen LogP contribution in [0.4, 0.5) is 0 Å². The van der Waals surface area contributed by atoms with E-state index >= 15 is 0 Å². The largest absolute Gasteiger partial charge is 0.330 e. The van der Waals surface area contributed by atoms with Gasteiger partial charge in [-0.2, -0.15) is 12.6 Å². The van der Waals surface area contributed by atoms with Crippen LogP contribution >= 0.6 is 12.6 Å². The van der Waals surface area contributed by atoms with Gasteiger partial charge in [-0.1, -0.05) is 0 Å². The molecule has 0 bridgehead atoms. The molecule has 0 radical (unpaired) electrons. The summed E-state index contributed by atoms with van der Waals surface area (Å²) >= 11 is 4.01. The zero-order valence-electron chi connectivity index (χ0n) is 5.01. The van der Waals surface area contributed by atoms with Gasteiger partial charge in [-0.15, -0.1) is 0 Å². The van der Waals surface area contributed by atoms with E-state index in [1.54, 1.807) is 0 Å². The Kier molecular flexibility index (Phi) is 5.59. The molecule has 0 aliphatic heterocycles. The summed E-state index contributed by atoms with van der Waals surface area (Å²) in [7, 11) is 0. The van der Waals surface area contributed by atoms with Crippen molar-refractivity contribution in [3.8, 4) is 0 Å². The molecule has 1 unspecified atom stereocenters. The van der Waals surface area contributed by atoms with Crippen molar-refractivity contribution in [3.05, 3.63) is 0 Å². The molecule has 1 atom stereocenters. The van der Waals surface area contributed by atoms with E-state index in [1.165, 1.54) is 0 Å². The molecule has 0 fully saturated rings. The van der Waals surface area contributed by atoms with Crippen molar-refractivity contribution < 1.29 is 0 Å². The molecule has 4 N–H and O–H groups in total. The van der Waals surface area contributed by atoms with E-state index in [0.29, 0.717) is 0 Å². The summed E-state index contributed by atoms with van der Waals surface area (Å²) in [6.07, 6.45) is 3.13. The van der Waals surface area contributed by atoms with Crippen LogP contribution < -0.4 is 11.5 Å². The number of nitrogens with two attached hydrogens (primary N) is 2. The summed E-state index contributed by atoms with van der Waals surface area (Å²) in [4.78, 5) is 0. The fourth-order valence-electron chi connectivity index (χ4n) is 0.498. The van der Waals surface area contributed by atoms with Crippen LogP contribution in [0.25, 0.3) is 0 Å². The van der Waals surface area contributed by atoms with Gasteiger partial charge in [-0.05, 0) is 25.8 Å². The second-order valence-electron chi connectivity index (χ2n) is 1.85. The Morgan fingerprint density at radius 3 is 2.38 bits per heavy atom. The van der Waals surface area contributed by atoms with Crippen molar-refractivity contribution in [2.45, 2.75) is 24.6 Å². The van der Waals surface area contributed by atoms with Gasteiger partial charge in [0.2, 0.25) is 0 Å². The Hall–Kier alpha value is 0.270. The predicted octanol–water partition coefficient (Wildman–Crippen LogP) is 0.330. The van der Waals surface area contributed by atoms with Crippen LogP contribution in [0.15, 0.2) is 0 Å². The molecule has 0 heterocycles. The molecule has 0 aliphatic carbocycles. The number of hydrogen-bond donors (Lipinski definition) is 3. The fraction of sp³-hybridized carbons (Fsp3) is 1.00. The summed E-state index contributed by atoms with van der Waals surface area (Å²) < 4.78 is 0. The number of rotatable bonds is 4. The highest BCUT2D eigenvalue weighted by Gasteiger charge is 1.91. The number of thiol groups is 1. The first kappa shape index (κ1) is 8.27. The van der Waals surface area contributed by atoms with Crippen molar-refractivity contribution in [2.75, 3.05) is 6.54 Å². The van der Waals surface area contributed by atoms with E-state index < -0.39 is 0 Å². The van der Waals surface area contributed by atoms with Crippen LogP contribution in [0, 0.1) is 0 Å². The molecular formula is C5H14N2S. The molecular weight excluding hydrogens is 120 g/mol. The molecule has 0 spiro atoms. The maximum absolute atomic E-state index is 5.36. The number of unbranched alkanes of at least 4 members (excludes halogenated alkanes) is 1. The maximum Gasteiger partial charge on any atom is 0.0477 e. The summed E-state index contributed by atoms with van der Waals surface area (Å²) in [6, 6.07) is 0. The van der Waals surface area contributed by atoms with Crippen LogP contribution in [0.2, 0.25) is 0 Å². The van der Waals surface area contributed by atoms with Crippen molar-refractivity contribution in [1.29, 1.82) is 0 Å². The molecule has 3 heteroatoms. The summed E-state index contributed by atoms with van der Waals surface area (Å²) in [6.45, 7) is 0.764. The van der Waals surface area contributed by atoms with Gasteiger partial charge in [0.15, 0.2) is 0 Å².